The molecule has 0 unspecified atom stereocenters. The second-order valence-corrected chi connectivity index (χ2v) is 6.55. The molecule has 2 aromatic rings. The number of nitrogens with one attached hydrogen (secondary N) is 2. The molecular weight excluding hydrogens is 324 g/mol. The molecule has 1 saturated heterocycles. The summed E-state index contributed by atoms with van der Waals surface area (Å²) in [6.45, 7) is 2.06. The van der Waals surface area contributed by atoms with E-state index in [1.807, 2.05) is 6.07 Å². The molecule has 5 nitrogen and oxygen atoms in total. The molecule has 0 spiro atoms. The molecule has 0 saturated carbocycles. The highest BCUT2D eigenvalue weighted by Gasteiger charge is 2.20. The highest BCUT2D eigenvalue weighted by Crippen LogP contribution is 2.20. The van der Waals surface area contributed by atoms with E-state index in [1.54, 1.807) is 36.5 Å². The lowest BCUT2D eigenvalue weighted by molar-refractivity contribution is 0.102. The number of piperidine rings is 1. The van der Waals surface area contributed by atoms with E-state index in [9.17, 15) is 4.79 Å². The van der Waals surface area contributed by atoms with Crippen molar-refractivity contribution >= 4 is 29.0 Å². The summed E-state index contributed by atoms with van der Waals surface area (Å²) in [6.07, 6.45) is 3.92. The number of carbonyl (C=O) groups excluding carboxylic acids is 1. The van der Waals surface area contributed by atoms with Crippen molar-refractivity contribution in [1.82, 2.24) is 9.88 Å². The molecular formula is C18H21ClN4O. The van der Waals surface area contributed by atoms with E-state index in [4.69, 9.17) is 11.6 Å². The molecule has 1 aliphatic heterocycles. The Balaban J connectivity index is 1.74. The molecule has 6 heteroatoms. The molecule has 1 fully saturated rings. The number of aromatic nitrogens is 1. The third-order valence-corrected chi connectivity index (χ3v) is 4.34. The van der Waals surface area contributed by atoms with Gasteiger partial charge in [-0.2, -0.15) is 0 Å². The average molecular weight is 345 g/mol. The first kappa shape index (κ1) is 16.7. The lowest BCUT2D eigenvalue weighted by atomic mass is 10.1. The van der Waals surface area contributed by atoms with Crippen molar-refractivity contribution in [2.45, 2.75) is 18.9 Å². The molecule has 1 aromatic carbocycles. The van der Waals surface area contributed by atoms with E-state index in [0.29, 0.717) is 28.1 Å². The summed E-state index contributed by atoms with van der Waals surface area (Å²) in [5.74, 6) is 0.425. The summed E-state index contributed by atoms with van der Waals surface area (Å²) >= 11 is 5.97. The summed E-state index contributed by atoms with van der Waals surface area (Å²) in [4.78, 5) is 19.3. The van der Waals surface area contributed by atoms with Crippen LogP contribution in [0.3, 0.4) is 0 Å². The Morgan fingerprint density at radius 3 is 3.00 bits per heavy atom. The van der Waals surface area contributed by atoms with Crippen molar-refractivity contribution in [2.75, 3.05) is 30.8 Å². The number of pyridine rings is 1. The summed E-state index contributed by atoms with van der Waals surface area (Å²) in [5.41, 5.74) is 1.20. The number of nitrogens with zero attached hydrogens (tertiary/aromatic N) is 2. The van der Waals surface area contributed by atoms with Crippen LogP contribution in [0.15, 0.2) is 42.6 Å². The molecule has 0 radical (unpaired) electrons. The number of rotatable bonds is 4. The van der Waals surface area contributed by atoms with E-state index < -0.39 is 0 Å². The number of amides is 1. The van der Waals surface area contributed by atoms with Crippen molar-refractivity contribution in [3.8, 4) is 0 Å². The molecule has 2 heterocycles. The highest BCUT2D eigenvalue weighted by atomic mass is 35.5. The summed E-state index contributed by atoms with van der Waals surface area (Å²) in [7, 11) is 2.11. The maximum atomic E-state index is 12.6. The predicted molar refractivity (Wildman–Crippen MR) is 97.8 cm³/mol. The number of likely N-dealkylation sites (tertiary alicyclic amines) is 1. The van der Waals surface area contributed by atoms with Crippen LogP contribution >= 0.6 is 11.6 Å². The van der Waals surface area contributed by atoms with Crippen LogP contribution in [0, 0.1) is 0 Å². The summed E-state index contributed by atoms with van der Waals surface area (Å²) < 4.78 is 0. The number of carbonyl (C=O) groups is 1. The molecule has 2 N–H and O–H groups in total. The van der Waals surface area contributed by atoms with Crippen LogP contribution in [0.25, 0.3) is 0 Å². The van der Waals surface area contributed by atoms with Crippen LogP contribution in [0.1, 0.15) is 23.2 Å². The first-order chi connectivity index (χ1) is 11.6. The van der Waals surface area contributed by atoms with Gasteiger partial charge in [0, 0.05) is 29.5 Å². The standard InChI is InChI=1S/C18H21ClN4O/c1-23-10-4-7-15(12-23)21-17-16(8-3-9-20-17)18(24)22-14-6-2-5-13(19)11-14/h2-3,5-6,8-9,11,15H,4,7,10,12H2,1H3,(H,20,21)(H,22,24)/t15-/m1/s1. The average Bonchev–Trinajstić information content (AvgIpc) is 2.55. The Morgan fingerprint density at radius 1 is 1.33 bits per heavy atom. The molecule has 24 heavy (non-hydrogen) atoms. The first-order valence-corrected chi connectivity index (χ1v) is 8.46. The zero-order chi connectivity index (χ0) is 16.9. The van der Waals surface area contributed by atoms with Gasteiger partial charge in [-0.15, -0.1) is 0 Å². The third-order valence-electron chi connectivity index (χ3n) is 4.10. The predicted octanol–water partition coefficient (Wildman–Crippen LogP) is 3.49. The Morgan fingerprint density at radius 2 is 2.21 bits per heavy atom. The highest BCUT2D eigenvalue weighted by molar-refractivity contribution is 6.31. The number of hydrogen-bond donors (Lipinski definition) is 2. The van der Waals surface area contributed by atoms with Crippen LogP contribution in [0.4, 0.5) is 11.5 Å². The van der Waals surface area contributed by atoms with E-state index in [2.05, 4.69) is 27.6 Å². The van der Waals surface area contributed by atoms with Crippen molar-refractivity contribution < 1.29 is 4.79 Å². The second kappa shape index (κ2) is 7.64. The molecule has 1 atom stereocenters. The summed E-state index contributed by atoms with van der Waals surface area (Å²) in [6, 6.07) is 11.0. The largest absolute Gasteiger partial charge is 0.365 e. The minimum absolute atomic E-state index is 0.197. The normalized spacial score (nSPS) is 18.2. The number of likely N-dealkylation sites (N-methyl/N-ethyl adjacent to an activating group) is 1. The molecule has 0 aliphatic carbocycles. The SMILES string of the molecule is CN1CCC[C@@H](Nc2ncccc2C(=O)Nc2cccc(Cl)c2)C1. The molecule has 3 rings (SSSR count). The maximum Gasteiger partial charge on any atom is 0.259 e. The Bertz CT molecular complexity index is 722. The number of benzene rings is 1. The van der Waals surface area contributed by atoms with Gasteiger partial charge in [0.2, 0.25) is 0 Å². The van der Waals surface area contributed by atoms with Gasteiger partial charge in [-0.3, -0.25) is 4.79 Å². The number of anilines is 2. The number of hydrogen-bond acceptors (Lipinski definition) is 4. The lowest BCUT2D eigenvalue weighted by Crippen LogP contribution is -2.40. The van der Waals surface area contributed by atoms with Crippen molar-refractivity contribution in [3.05, 3.63) is 53.2 Å². The Labute approximate surface area is 147 Å². The van der Waals surface area contributed by atoms with Crippen LogP contribution in [0.5, 0.6) is 0 Å². The van der Waals surface area contributed by atoms with E-state index in [0.717, 1.165) is 25.9 Å². The second-order valence-electron chi connectivity index (χ2n) is 6.11. The number of halogens is 1. The van der Waals surface area contributed by atoms with Crippen LogP contribution in [-0.4, -0.2) is 42.0 Å². The van der Waals surface area contributed by atoms with Gasteiger partial charge < -0.3 is 15.5 Å². The fraction of sp³-hybridized carbons (Fsp3) is 0.333. The quantitative estimate of drug-likeness (QED) is 0.891. The smallest absolute Gasteiger partial charge is 0.259 e. The van der Waals surface area contributed by atoms with Crippen LogP contribution < -0.4 is 10.6 Å². The van der Waals surface area contributed by atoms with Gasteiger partial charge in [-0.05, 0) is 56.8 Å². The van der Waals surface area contributed by atoms with Gasteiger partial charge in [0.05, 0.1) is 5.56 Å². The van der Waals surface area contributed by atoms with E-state index in [-0.39, 0.29) is 5.91 Å². The van der Waals surface area contributed by atoms with Gasteiger partial charge in [0.1, 0.15) is 5.82 Å². The molecule has 0 bridgehead atoms. The third kappa shape index (κ3) is 4.24. The Kier molecular flexibility index (Phi) is 5.33. The van der Waals surface area contributed by atoms with Gasteiger partial charge in [0.15, 0.2) is 0 Å². The minimum atomic E-state index is -0.197. The van der Waals surface area contributed by atoms with Crippen LogP contribution in [0.2, 0.25) is 5.02 Å². The maximum absolute atomic E-state index is 12.6. The molecule has 1 aliphatic rings. The lowest BCUT2D eigenvalue weighted by Gasteiger charge is -2.30. The van der Waals surface area contributed by atoms with Gasteiger partial charge >= 0.3 is 0 Å². The monoisotopic (exact) mass is 344 g/mol. The van der Waals surface area contributed by atoms with Gasteiger partial charge in [-0.25, -0.2) is 4.98 Å². The van der Waals surface area contributed by atoms with Gasteiger partial charge in [0.25, 0.3) is 5.91 Å². The zero-order valence-electron chi connectivity index (χ0n) is 13.6. The molecule has 1 amide bonds. The topological polar surface area (TPSA) is 57.3 Å². The minimum Gasteiger partial charge on any atom is -0.365 e. The first-order valence-electron chi connectivity index (χ1n) is 8.09. The van der Waals surface area contributed by atoms with Crippen LogP contribution in [-0.2, 0) is 0 Å². The molecule has 1 aromatic heterocycles. The van der Waals surface area contributed by atoms with Crippen molar-refractivity contribution in [3.63, 3.8) is 0 Å². The van der Waals surface area contributed by atoms with Crippen molar-refractivity contribution in [2.24, 2.45) is 0 Å². The summed E-state index contributed by atoms with van der Waals surface area (Å²) in [5, 5.41) is 6.88. The fourth-order valence-corrected chi connectivity index (χ4v) is 3.14. The van der Waals surface area contributed by atoms with Gasteiger partial charge in [-0.1, -0.05) is 17.7 Å². The van der Waals surface area contributed by atoms with E-state index >= 15 is 0 Å². The van der Waals surface area contributed by atoms with E-state index in [1.165, 1.54) is 0 Å². The van der Waals surface area contributed by atoms with Crippen molar-refractivity contribution in [1.29, 1.82) is 0 Å². The molecule has 126 valence electrons. The Hall–Kier alpha value is -2.11. The fourth-order valence-electron chi connectivity index (χ4n) is 2.95. The zero-order valence-corrected chi connectivity index (χ0v) is 14.4.